The van der Waals surface area contributed by atoms with Crippen molar-refractivity contribution in [3.05, 3.63) is 48.5 Å². The van der Waals surface area contributed by atoms with Gasteiger partial charge in [-0.3, -0.25) is 9.20 Å². The van der Waals surface area contributed by atoms with Crippen LogP contribution in [0.1, 0.15) is 10.5 Å². The van der Waals surface area contributed by atoms with Crippen LogP contribution in [0.4, 0.5) is 0 Å². The smallest absolute Gasteiger partial charge is 0.181 e. The van der Waals surface area contributed by atoms with Crippen LogP contribution in [0.25, 0.3) is 17.1 Å². The van der Waals surface area contributed by atoms with Crippen LogP contribution in [-0.2, 0) is 0 Å². The Morgan fingerprint density at radius 2 is 2.19 bits per heavy atom. The first-order valence-electron chi connectivity index (χ1n) is 4.86. The lowest BCUT2D eigenvalue weighted by molar-refractivity contribution is 0.112. The van der Waals surface area contributed by atoms with Crippen LogP contribution in [0.15, 0.2) is 47.2 Å². The van der Waals surface area contributed by atoms with Gasteiger partial charge in [0, 0.05) is 6.20 Å². The van der Waals surface area contributed by atoms with E-state index in [0.717, 1.165) is 11.8 Å². The quantitative estimate of drug-likeness (QED) is 0.613. The molecule has 3 aromatic rings. The van der Waals surface area contributed by atoms with Crippen LogP contribution in [-0.4, -0.2) is 15.7 Å². The van der Waals surface area contributed by atoms with Crippen molar-refractivity contribution in [2.24, 2.45) is 0 Å². The molecule has 0 bridgehead atoms. The monoisotopic (exact) mass is 212 g/mol. The Labute approximate surface area is 91.1 Å². The van der Waals surface area contributed by atoms with E-state index < -0.39 is 0 Å². The highest BCUT2D eigenvalue weighted by Crippen LogP contribution is 2.21. The Hall–Kier alpha value is -2.36. The number of aromatic nitrogens is 2. The molecule has 0 saturated carbocycles. The molecule has 3 aromatic heterocycles. The number of imidazole rings is 1. The van der Waals surface area contributed by atoms with Crippen molar-refractivity contribution >= 4 is 11.8 Å². The van der Waals surface area contributed by atoms with Gasteiger partial charge in [-0.2, -0.15) is 0 Å². The van der Waals surface area contributed by atoms with E-state index in [1.165, 1.54) is 0 Å². The lowest BCUT2D eigenvalue weighted by Gasteiger charge is -1.96. The van der Waals surface area contributed by atoms with Crippen molar-refractivity contribution in [3.63, 3.8) is 0 Å². The molecule has 4 heteroatoms. The highest BCUT2D eigenvalue weighted by atomic mass is 16.3. The summed E-state index contributed by atoms with van der Waals surface area (Å²) in [6.07, 6.45) is 4.19. The molecule has 0 amide bonds. The topological polar surface area (TPSA) is 47.5 Å². The molecule has 0 unspecified atom stereocenters. The lowest BCUT2D eigenvalue weighted by Crippen LogP contribution is -1.86. The van der Waals surface area contributed by atoms with E-state index in [-0.39, 0.29) is 0 Å². The van der Waals surface area contributed by atoms with Gasteiger partial charge in [-0.1, -0.05) is 6.07 Å². The zero-order valence-electron chi connectivity index (χ0n) is 8.33. The third-order valence-corrected chi connectivity index (χ3v) is 2.43. The van der Waals surface area contributed by atoms with Gasteiger partial charge in [-0.05, 0) is 24.3 Å². The molecular formula is C12H8N2O2. The first-order chi connectivity index (χ1) is 7.90. The SMILES string of the molecule is O=Cc1nc(-c2ccco2)n2ccccc12. The molecule has 0 aliphatic heterocycles. The molecule has 4 nitrogen and oxygen atoms in total. The van der Waals surface area contributed by atoms with Crippen LogP contribution in [0, 0.1) is 0 Å². The van der Waals surface area contributed by atoms with Gasteiger partial charge in [0.25, 0.3) is 0 Å². The summed E-state index contributed by atoms with van der Waals surface area (Å²) in [6.45, 7) is 0. The van der Waals surface area contributed by atoms with E-state index in [9.17, 15) is 4.79 Å². The summed E-state index contributed by atoms with van der Waals surface area (Å²) in [5, 5.41) is 0. The van der Waals surface area contributed by atoms with E-state index in [1.807, 2.05) is 34.9 Å². The normalized spacial score (nSPS) is 10.8. The van der Waals surface area contributed by atoms with E-state index >= 15 is 0 Å². The molecular weight excluding hydrogens is 204 g/mol. The molecule has 3 rings (SSSR count). The van der Waals surface area contributed by atoms with Crippen LogP contribution in [0.3, 0.4) is 0 Å². The minimum atomic E-state index is 0.423. The molecule has 0 fully saturated rings. The average Bonchev–Trinajstić information content (AvgIpc) is 2.95. The fraction of sp³-hybridized carbons (Fsp3) is 0. The van der Waals surface area contributed by atoms with Crippen LogP contribution >= 0.6 is 0 Å². The number of fused-ring (bicyclic) bond motifs is 1. The summed E-state index contributed by atoms with van der Waals surface area (Å²) in [5.41, 5.74) is 1.20. The second kappa shape index (κ2) is 3.34. The fourth-order valence-corrected chi connectivity index (χ4v) is 1.73. The van der Waals surface area contributed by atoms with Gasteiger partial charge in [-0.25, -0.2) is 4.98 Å². The maximum absolute atomic E-state index is 10.9. The van der Waals surface area contributed by atoms with Crippen molar-refractivity contribution in [2.75, 3.05) is 0 Å². The van der Waals surface area contributed by atoms with E-state index in [0.29, 0.717) is 17.3 Å². The highest BCUT2D eigenvalue weighted by Gasteiger charge is 2.12. The Morgan fingerprint density at radius 3 is 2.94 bits per heavy atom. The van der Waals surface area contributed by atoms with E-state index in [4.69, 9.17) is 4.42 Å². The second-order valence-corrected chi connectivity index (χ2v) is 3.37. The molecule has 16 heavy (non-hydrogen) atoms. The number of hydrogen-bond acceptors (Lipinski definition) is 3. The largest absolute Gasteiger partial charge is 0.461 e. The third kappa shape index (κ3) is 1.16. The zero-order valence-corrected chi connectivity index (χ0v) is 8.33. The van der Waals surface area contributed by atoms with Gasteiger partial charge >= 0.3 is 0 Å². The van der Waals surface area contributed by atoms with Gasteiger partial charge in [0.15, 0.2) is 17.9 Å². The van der Waals surface area contributed by atoms with Gasteiger partial charge in [0.1, 0.15) is 5.69 Å². The number of aldehydes is 1. The van der Waals surface area contributed by atoms with Gasteiger partial charge in [0.2, 0.25) is 0 Å². The molecule has 0 radical (unpaired) electrons. The van der Waals surface area contributed by atoms with Crippen molar-refractivity contribution < 1.29 is 9.21 Å². The Balaban J connectivity index is 2.37. The summed E-state index contributed by atoms with van der Waals surface area (Å²) in [7, 11) is 0. The summed E-state index contributed by atoms with van der Waals surface area (Å²) in [6, 6.07) is 9.21. The molecule has 3 heterocycles. The molecule has 0 aromatic carbocycles. The molecule has 0 aliphatic carbocycles. The number of hydrogen-bond donors (Lipinski definition) is 0. The predicted octanol–water partition coefficient (Wildman–Crippen LogP) is 2.41. The highest BCUT2D eigenvalue weighted by molar-refractivity contribution is 5.85. The summed E-state index contributed by atoms with van der Waals surface area (Å²) in [5.74, 6) is 1.29. The number of carbonyl (C=O) groups is 1. The molecule has 78 valence electrons. The summed E-state index contributed by atoms with van der Waals surface area (Å²) < 4.78 is 7.12. The summed E-state index contributed by atoms with van der Waals surface area (Å²) >= 11 is 0. The summed E-state index contributed by atoms with van der Waals surface area (Å²) in [4.78, 5) is 15.1. The standard InChI is InChI=1S/C12H8N2O2/c15-8-9-10-4-1-2-6-14(10)12(13-9)11-5-3-7-16-11/h1-8H. The Morgan fingerprint density at radius 1 is 1.25 bits per heavy atom. The number of rotatable bonds is 2. The number of nitrogens with zero attached hydrogens (tertiary/aromatic N) is 2. The second-order valence-electron chi connectivity index (χ2n) is 3.37. The van der Waals surface area contributed by atoms with Crippen molar-refractivity contribution in [2.45, 2.75) is 0 Å². The maximum atomic E-state index is 10.9. The first kappa shape index (κ1) is 8.91. The number of carbonyl (C=O) groups excluding carboxylic acids is 1. The maximum Gasteiger partial charge on any atom is 0.181 e. The minimum Gasteiger partial charge on any atom is -0.461 e. The van der Waals surface area contributed by atoms with Gasteiger partial charge in [-0.15, -0.1) is 0 Å². The Bertz CT molecular complexity index is 638. The van der Waals surface area contributed by atoms with Crippen LogP contribution in [0.2, 0.25) is 0 Å². The third-order valence-electron chi connectivity index (χ3n) is 2.43. The van der Waals surface area contributed by atoms with Crippen molar-refractivity contribution in [1.82, 2.24) is 9.38 Å². The van der Waals surface area contributed by atoms with Crippen LogP contribution < -0.4 is 0 Å². The molecule has 0 spiro atoms. The Kier molecular flexibility index (Phi) is 1.86. The van der Waals surface area contributed by atoms with E-state index in [1.54, 1.807) is 12.3 Å². The molecule has 0 atom stereocenters. The van der Waals surface area contributed by atoms with Gasteiger partial charge < -0.3 is 4.42 Å². The molecule has 0 saturated heterocycles. The number of pyridine rings is 1. The predicted molar refractivity (Wildman–Crippen MR) is 58.3 cm³/mol. The van der Waals surface area contributed by atoms with Crippen LogP contribution in [0.5, 0.6) is 0 Å². The fourth-order valence-electron chi connectivity index (χ4n) is 1.73. The van der Waals surface area contributed by atoms with E-state index in [2.05, 4.69) is 4.98 Å². The van der Waals surface area contributed by atoms with Crippen molar-refractivity contribution in [1.29, 1.82) is 0 Å². The van der Waals surface area contributed by atoms with Gasteiger partial charge in [0.05, 0.1) is 11.8 Å². The minimum absolute atomic E-state index is 0.423. The average molecular weight is 212 g/mol. The first-order valence-corrected chi connectivity index (χ1v) is 4.86. The van der Waals surface area contributed by atoms with Crippen molar-refractivity contribution in [3.8, 4) is 11.6 Å². The number of furan rings is 1. The molecule has 0 aliphatic rings. The zero-order chi connectivity index (χ0) is 11.0. The lowest BCUT2D eigenvalue weighted by atomic mass is 10.3. The molecule has 0 N–H and O–H groups in total.